The molecule has 9 heteroatoms. The second kappa shape index (κ2) is 10.1. The molecule has 1 unspecified atom stereocenters. The van der Waals surface area contributed by atoms with Gasteiger partial charge in [0.1, 0.15) is 11.5 Å². The second-order valence-electron chi connectivity index (χ2n) is 6.28. The van der Waals surface area contributed by atoms with Gasteiger partial charge in [-0.3, -0.25) is 20.4 Å². The topological polar surface area (TPSA) is 76.7 Å². The minimum atomic E-state index is -0.818. The van der Waals surface area contributed by atoms with Crippen molar-refractivity contribution in [3.05, 3.63) is 68.6 Å². The number of carbonyl (C=O) groups is 2. The molecule has 0 aliphatic rings. The Hall–Kier alpha value is -2.29. The summed E-state index contributed by atoms with van der Waals surface area (Å²) in [6.07, 6.45) is -0.818. The lowest BCUT2D eigenvalue weighted by Crippen LogP contribution is -2.48. The molecule has 0 aliphatic carbocycles. The zero-order valence-electron chi connectivity index (χ0n) is 15.7. The van der Waals surface area contributed by atoms with Gasteiger partial charge in [-0.05, 0) is 76.1 Å². The molecular weight excluding hydrogens is 540 g/mol. The van der Waals surface area contributed by atoms with Crippen LogP contribution in [0.2, 0.25) is 5.02 Å². The van der Waals surface area contributed by atoms with E-state index >= 15 is 0 Å². The Labute approximate surface area is 195 Å². The molecule has 0 aliphatic heterocycles. The normalized spacial score (nSPS) is 11.6. The van der Waals surface area contributed by atoms with Crippen molar-refractivity contribution in [2.24, 2.45) is 0 Å². The average molecular weight is 557 g/mol. The van der Waals surface area contributed by atoms with Gasteiger partial charge in [0, 0.05) is 9.50 Å². The highest BCUT2D eigenvalue weighted by Gasteiger charge is 2.16. The molecule has 3 aromatic rings. The lowest BCUT2D eigenvalue weighted by atomic mass is 10.1. The molecule has 30 heavy (non-hydrogen) atoms. The van der Waals surface area contributed by atoms with Crippen molar-refractivity contribution >= 4 is 66.0 Å². The van der Waals surface area contributed by atoms with Crippen LogP contribution < -0.4 is 20.3 Å². The third kappa shape index (κ3) is 5.87. The highest BCUT2D eigenvalue weighted by atomic mass is 79.9. The van der Waals surface area contributed by atoms with Gasteiger partial charge < -0.3 is 9.47 Å². The van der Waals surface area contributed by atoms with E-state index in [1.807, 2.05) is 24.3 Å². The molecule has 0 bridgehead atoms. The van der Waals surface area contributed by atoms with Crippen molar-refractivity contribution in [3.8, 4) is 11.5 Å². The van der Waals surface area contributed by atoms with Gasteiger partial charge in [-0.15, -0.1) is 0 Å². The molecule has 0 heterocycles. The van der Waals surface area contributed by atoms with E-state index in [9.17, 15) is 9.59 Å². The van der Waals surface area contributed by atoms with E-state index in [0.717, 1.165) is 19.7 Å². The number of rotatable bonds is 6. The number of hydrazine groups is 1. The SMILES string of the molecule is CC(Oc1ccc(Cl)cc1)C(=O)NNC(=O)COc1ccc2cc(Br)ccc2c1Br. The van der Waals surface area contributed by atoms with Gasteiger partial charge in [0.15, 0.2) is 12.7 Å². The van der Waals surface area contributed by atoms with Crippen LogP contribution in [0.5, 0.6) is 11.5 Å². The van der Waals surface area contributed by atoms with Crippen molar-refractivity contribution in [1.82, 2.24) is 10.9 Å². The molecule has 1 atom stereocenters. The smallest absolute Gasteiger partial charge is 0.279 e. The summed E-state index contributed by atoms with van der Waals surface area (Å²) in [6.45, 7) is 1.30. The van der Waals surface area contributed by atoms with E-state index in [1.54, 1.807) is 37.3 Å². The molecule has 2 N–H and O–H groups in total. The van der Waals surface area contributed by atoms with Crippen LogP contribution in [-0.4, -0.2) is 24.5 Å². The first-order valence-corrected chi connectivity index (χ1v) is 10.8. The van der Waals surface area contributed by atoms with Gasteiger partial charge >= 0.3 is 0 Å². The summed E-state index contributed by atoms with van der Waals surface area (Å²) in [7, 11) is 0. The second-order valence-corrected chi connectivity index (χ2v) is 8.43. The minimum Gasteiger partial charge on any atom is -0.483 e. The molecule has 0 fully saturated rings. The monoisotopic (exact) mass is 554 g/mol. The van der Waals surface area contributed by atoms with Crippen LogP contribution in [-0.2, 0) is 9.59 Å². The highest BCUT2D eigenvalue weighted by Crippen LogP contribution is 2.34. The largest absolute Gasteiger partial charge is 0.483 e. The molecule has 6 nitrogen and oxygen atoms in total. The van der Waals surface area contributed by atoms with E-state index in [0.29, 0.717) is 16.5 Å². The van der Waals surface area contributed by atoms with Crippen LogP contribution in [0.4, 0.5) is 0 Å². The maximum atomic E-state index is 12.1. The summed E-state index contributed by atoms with van der Waals surface area (Å²) >= 11 is 12.8. The third-order valence-corrected chi connectivity index (χ3v) is 5.62. The van der Waals surface area contributed by atoms with Crippen LogP contribution in [0.15, 0.2) is 63.5 Å². The standard InChI is InChI=1S/C21H17Br2ClN2O4/c1-12(30-16-6-4-15(24)5-7-16)21(28)26-25-19(27)11-29-18-9-2-13-10-14(22)3-8-17(13)20(18)23/h2-10,12H,11H2,1H3,(H,25,27)(H,26,28). The van der Waals surface area contributed by atoms with E-state index < -0.39 is 17.9 Å². The minimum absolute atomic E-state index is 0.270. The first kappa shape index (κ1) is 22.4. The first-order valence-electron chi connectivity index (χ1n) is 8.85. The van der Waals surface area contributed by atoms with Gasteiger partial charge in [0.25, 0.3) is 11.8 Å². The number of carbonyl (C=O) groups excluding carboxylic acids is 2. The summed E-state index contributed by atoms with van der Waals surface area (Å²) in [5.74, 6) is -0.00348. The zero-order valence-corrected chi connectivity index (χ0v) is 19.7. The molecule has 0 aromatic heterocycles. The summed E-state index contributed by atoms with van der Waals surface area (Å²) in [5.41, 5.74) is 4.62. The average Bonchev–Trinajstić information content (AvgIpc) is 2.73. The quantitative estimate of drug-likeness (QED) is 0.419. The molecule has 3 aromatic carbocycles. The Bertz CT molecular complexity index is 1080. The predicted octanol–water partition coefficient (Wildman–Crippen LogP) is 5.01. The Kier molecular flexibility index (Phi) is 7.58. The lowest BCUT2D eigenvalue weighted by molar-refractivity contribution is -0.133. The molecule has 2 amide bonds. The van der Waals surface area contributed by atoms with Crippen LogP contribution in [0.1, 0.15) is 6.92 Å². The fourth-order valence-corrected chi connectivity index (χ4v) is 3.65. The zero-order chi connectivity index (χ0) is 21.7. The van der Waals surface area contributed by atoms with Gasteiger partial charge in [-0.25, -0.2) is 0 Å². The number of fused-ring (bicyclic) bond motifs is 1. The molecule has 156 valence electrons. The van der Waals surface area contributed by atoms with Gasteiger partial charge in [-0.1, -0.05) is 39.7 Å². The van der Waals surface area contributed by atoms with E-state index in [2.05, 4.69) is 42.7 Å². The van der Waals surface area contributed by atoms with Crippen molar-refractivity contribution in [1.29, 1.82) is 0 Å². The van der Waals surface area contributed by atoms with Crippen LogP contribution >= 0.6 is 43.5 Å². The van der Waals surface area contributed by atoms with E-state index in [1.165, 1.54) is 0 Å². The first-order chi connectivity index (χ1) is 14.3. The Balaban J connectivity index is 1.49. The molecule has 0 radical (unpaired) electrons. The summed E-state index contributed by atoms with van der Waals surface area (Å²) in [5, 5.41) is 2.55. The lowest BCUT2D eigenvalue weighted by Gasteiger charge is -2.15. The van der Waals surface area contributed by atoms with Crippen molar-refractivity contribution < 1.29 is 19.1 Å². The van der Waals surface area contributed by atoms with Gasteiger partial charge in [0.05, 0.1) is 4.47 Å². The number of hydrogen-bond acceptors (Lipinski definition) is 4. The number of halogens is 3. The highest BCUT2D eigenvalue weighted by molar-refractivity contribution is 9.11. The number of amides is 2. The van der Waals surface area contributed by atoms with Crippen molar-refractivity contribution in [3.63, 3.8) is 0 Å². The Morgan fingerprint density at radius 3 is 2.50 bits per heavy atom. The fourth-order valence-electron chi connectivity index (χ4n) is 2.54. The molecule has 0 saturated carbocycles. The van der Waals surface area contributed by atoms with Crippen LogP contribution in [0.25, 0.3) is 10.8 Å². The predicted molar refractivity (Wildman–Crippen MR) is 123 cm³/mol. The van der Waals surface area contributed by atoms with E-state index in [4.69, 9.17) is 21.1 Å². The molecule has 0 spiro atoms. The maximum Gasteiger partial charge on any atom is 0.279 e. The Morgan fingerprint density at radius 1 is 1.03 bits per heavy atom. The van der Waals surface area contributed by atoms with Crippen molar-refractivity contribution in [2.45, 2.75) is 13.0 Å². The third-order valence-electron chi connectivity index (χ3n) is 4.06. The molecule has 0 saturated heterocycles. The number of hydrogen-bond donors (Lipinski definition) is 2. The summed E-state index contributed by atoms with van der Waals surface area (Å²) in [6, 6.07) is 16.1. The number of ether oxygens (including phenoxy) is 2. The summed E-state index contributed by atoms with van der Waals surface area (Å²) in [4.78, 5) is 24.1. The van der Waals surface area contributed by atoms with Crippen LogP contribution in [0.3, 0.4) is 0 Å². The Morgan fingerprint density at radius 2 is 1.77 bits per heavy atom. The molecule has 3 rings (SSSR count). The van der Waals surface area contributed by atoms with Crippen molar-refractivity contribution in [2.75, 3.05) is 6.61 Å². The maximum absolute atomic E-state index is 12.1. The van der Waals surface area contributed by atoms with Crippen LogP contribution in [0, 0.1) is 0 Å². The van der Waals surface area contributed by atoms with Gasteiger partial charge in [0.2, 0.25) is 0 Å². The molecular formula is C21H17Br2ClN2O4. The van der Waals surface area contributed by atoms with E-state index in [-0.39, 0.29) is 6.61 Å². The fraction of sp³-hybridized carbons (Fsp3) is 0.143. The summed E-state index contributed by atoms with van der Waals surface area (Å²) < 4.78 is 12.8. The number of nitrogens with one attached hydrogen (secondary N) is 2. The van der Waals surface area contributed by atoms with Gasteiger partial charge in [-0.2, -0.15) is 0 Å². The number of benzene rings is 3.